The Kier molecular flexibility index (Phi) is 4.71. The van der Waals surface area contributed by atoms with E-state index < -0.39 is 0 Å². The van der Waals surface area contributed by atoms with Gasteiger partial charge in [0.2, 0.25) is 0 Å². The van der Waals surface area contributed by atoms with E-state index in [-0.39, 0.29) is 12.6 Å². The molecule has 25 heavy (non-hydrogen) atoms. The van der Waals surface area contributed by atoms with Crippen LogP contribution in [0.4, 0.5) is 0 Å². The fourth-order valence-electron chi connectivity index (χ4n) is 2.71. The van der Waals surface area contributed by atoms with Gasteiger partial charge in [-0.2, -0.15) is 5.26 Å². The molecule has 0 spiro atoms. The molecule has 0 saturated carbocycles. The van der Waals surface area contributed by atoms with Gasteiger partial charge in [0.05, 0.1) is 30.0 Å². The summed E-state index contributed by atoms with van der Waals surface area (Å²) in [6, 6.07) is 14.6. The molecule has 3 aromatic rings. The van der Waals surface area contributed by atoms with Crippen molar-refractivity contribution >= 4 is 5.97 Å². The van der Waals surface area contributed by atoms with Crippen LogP contribution in [0.2, 0.25) is 0 Å². The maximum Gasteiger partial charge on any atom is 0.340 e. The molecule has 0 aliphatic carbocycles. The molecule has 0 saturated heterocycles. The number of hydrogen-bond donors (Lipinski definition) is 0. The topological polar surface area (TPSA) is 68.2 Å². The molecule has 2 heterocycles. The van der Waals surface area contributed by atoms with Crippen molar-refractivity contribution in [2.75, 3.05) is 0 Å². The predicted molar refractivity (Wildman–Crippen MR) is 92.0 cm³/mol. The van der Waals surface area contributed by atoms with Gasteiger partial charge in [-0.25, -0.2) is 4.79 Å². The van der Waals surface area contributed by atoms with Crippen molar-refractivity contribution in [3.8, 4) is 6.07 Å². The van der Waals surface area contributed by atoms with Crippen LogP contribution in [-0.4, -0.2) is 10.5 Å². The first-order valence-electron chi connectivity index (χ1n) is 7.93. The summed E-state index contributed by atoms with van der Waals surface area (Å²) in [5, 5.41) is 8.80. The molecule has 0 unspecified atom stereocenters. The van der Waals surface area contributed by atoms with Gasteiger partial charge >= 0.3 is 5.97 Å². The van der Waals surface area contributed by atoms with Crippen molar-refractivity contribution in [2.45, 2.75) is 27.0 Å². The average molecular weight is 334 g/mol. The SMILES string of the molecule is Cc1cc(C(=O)OCc2ccc(C#N)cc2)c(C)n1Cc1ccco1. The molecule has 0 bridgehead atoms. The summed E-state index contributed by atoms with van der Waals surface area (Å²) in [6.45, 7) is 4.60. The first-order chi connectivity index (χ1) is 12.1. The number of benzene rings is 1. The normalized spacial score (nSPS) is 10.4. The van der Waals surface area contributed by atoms with E-state index in [4.69, 9.17) is 14.4 Å². The molecule has 0 radical (unpaired) electrons. The number of aryl methyl sites for hydroxylation is 1. The zero-order valence-electron chi connectivity index (χ0n) is 14.2. The van der Waals surface area contributed by atoms with E-state index in [9.17, 15) is 4.79 Å². The Bertz CT molecular complexity index is 913. The molecule has 0 aliphatic heterocycles. The Morgan fingerprint density at radius 3 is 2.64 bits per heavy atom. The van der Waals surface area contributed by atoms with Gasteiger partial charge in [0.1, 0.15) is 12.4 Å². The third-order valence-electron chi connectivity index (χ3n) is 4.14. The van der Waals surface area contributed by atoms with Gasteiger partial charge in [0.15, 0.2) is 0 Å². The van der Waals surface area contributed by atoms with E-state index in [0.717, 1.165) is 22.7 Å². The van der Waals surface area contributed by atoms with Crippen molar-refractivity contribution in [2.24, 2.45) is 0 Å². The Balaban J connectivity index is 1.70. The fourth-order valence-corrected chi connectivity index (χ4v) is 2.71. The van der Waals surface area contributed by atoms with E-state index in [2.05, 4.69) is 6.07 Å². The highest BCUT2D eigenvalue weighted by Crippen LogP contribution is 2.19. The summed E-state index contributed by atoms with van der Waals surface area (Å²) in [5.74, 6) is 0.474. The smallest absolute Gasteiger partial charge is 0.340 e. The number of aromatic nitrogens is 1. The van der Waals surface area contributed by atoms with Gasteiger partial charge < -0.3 is 13.7 Å². The maximum atomic E-state index is 12.4. The second-order valence-corrected chi connectivity index (χ2v) is 5.84. The largest absolute Gasteiger partial charge is 0.467 e. The Hall–Kier alpha value is -3.26. The monoisotopic (exact) mass is 334 g/mol. The first kappa shape index (κ1) is 16.6. The van der Waals surface area contributed by atoms with Crippen LogP contribution in [0.5, 0.6) is 0 Å². The first-order valence-corrected chi connectivity index (χ1v) is 7.93. The van der Waals surface area contributed by atoms with Gasteiger partial charge in [0, 0.05) is 11.4 Å². The number of carbonyl (C=O) groups is 1. The van der Waals surface area contributed by atoms with Crippen LogP contribution in [-0.2, 0) is 17.9 Å². The van der Waals surface area contributed by atoms with Crippen molar-refractivity contribution in [1.29, 1.82) is 5.26 Å². The number of carbonyl (C=O) groups excluding carboxylic acids is 1. The van der Waals surface area contributed by atoms with Crippen LogP contribution in [0.3, 0.4) is 0 Å². The lowest BCUT2D eigenvalue weighted by Crippen LogP contribution is -2.08. The van der Waals surface area contributed by atoms with Gasteiger partial charge in [-0.1, -0.05) is 12.1 Å². The molecular weight excluding hydrogens is 316 g/mol. The molecule has 3 rings (SSSR count). The fraction of sp³-hybridized carbons (Fsp3) is 0.200. The Labute approximate surface area is 146 Å². The lowest BCUT2D eigenvalue weighted by molar-refractivity contribution is 0.0471. The highest BCUT2D eigenvalue weighted by molar-refractivity contribution is 5.91. The van der Waals surface area contributed by atoms with Gasteiger partial charge in [-0.15, -0.1) is 0 Å². The second-order valence-electron chi connectivity index (χ2n) is 5.84. The number of rotatable bonds is 5. The molecule has 0 amide bonds. The van der Waals surface area contributed by atoms with Gasteiger partial charge in [-0.3, -0.25) is 0 Å². The molecule has 126 valence electrons. The van der Waals surface area contributed by atoms with Crippen molar-refractivity contribution in [1.82, 2.24) is 4.57 Å². The number of ether oxygens (including phenoxy) is 1. The molecule has 0 fully saturated rings. The summed E-state index contributed by atoms with van der Waals surface area (Å²) in [6.07, 6.45) is 1.64. The molecule has 0 N–H and O–H groups in total. The number of nitrogens with zero attached hydrogens (tertiary/aromatic N) is 2. The third-order valence-corrected chi connectivity index (χ3v) is 4.14. The number of nitriles is 1. The maximum absolute atomic E-state index is 12.4. The quantitative estimate of drug-likeness (QED) is 0.662. The van der Waals surface area contributed by atoms with Crippen LogP contribution in [0.1, 0.15) is 38.6 Å². The minimum atomic E-state index is -0.358. The van der Waals surface area contributed by atoms with Crippen molar-refractivity contribution in [3.05, 3.63) is 82.6 Å². The van der Waals surface area contributed by atoms with Gasteiger partial charge in [-0.05, 0) is 49.7 Å². The lowest BCUT2D eigenvalue weighted by Gasteiger charge is -2.08. The minimum Gasteiger partial charge on any atom is -0.467 e. The van der Waals surface area contributed by atoms with Crippen LogP contribution in [0.15, 0.2) is 53.1 Å². The highest BCUT2D eigenvalue weighted by Gasteiger charge is 2.17. The van der Waals surface area contributed by atoms with E-state index in [1.807, 2.05) is 36.6 Å². The van der Waals surface area contributed by atoms with E-state index >= 15 is 0 Å². The molecule has 0 atom stereocenters. The summed E-state index contributed by atoms with van der Waals surface area (Å²) in [5.41, 5.74) is 3.80. The number of furan rings is 1. The van der Waals surface area contributed by atoms with Crippen LogP contribution in [0.25, 0.3) is 0 Å². The Morgan fingerprint density at radius 1 is 1.24 bits per heavy atom. The zero-order chi connectivity index (χ0) is 17.8. The average Bonchev–Trinajstić information content (AvgIpc) is 3.24. The second kappa shape index (κ2) is 7.10. The van der Waals surface area contributed by atoms with Crippen molar-refractivity contribution < 1.29 is 13.9 Å². The van der Waals surface area contributed by atoms with E-state index in [0.29, 0.717) is 17.7 Å². The highest BCUT2D eigenvalue weighted by atomic mass is 16.5. The molecule has 5 nitrogen and oxygen atoms in total. The molecular formula is C20H18N2O3. The Morgan fingerprint density at radius 2 is 2.00 bits per heavy atom. The predicted octanol–water partition coefficient (Wildman–Crippen LogP) is 3.97. The number of hydrogen-bond acceptors (Lipinski definition) is 4. The van der Waals surface area contributed by atoms with E-state index in [1.165, 1.54) is 0 Å². The summed E-state index contributed by atoms with van der Waals surface area (Å²) < 4.78 is 12.8. The summed E-state index contributed by atoms with van der Waals surface area (Å²) >= 11 is 0. The molecule has 0 aliphatic rings. The lowest BCUT2D eigenvalue weighted by atomic mass is 10.1. The number of esters is 1. The summed E-state index contributed by atoms with van der Waals surface area (Å²) in [4.78, 5) is 12.4. The van der Waals surface area contributed by atoms with Crippen LogP contribution < -0.4 is 0 Å². The van der Waals surface area contributed by atoms with Crippen LogP contribution in [0, 0.1) is 25.2 Å². The standard InChI is InChI=1S/C20H18N2O3/c1-14-10-19(15(2)22(14)12-18-4-3-9-24-18)20(23)25-13-17-7-5-16(11-21)6-8-17/h3-10H,12-13H2,1-2H3. The molecule has 2 aromatic heterocycles. The minimum absolute atomic E-state index is 0.173. The molecule has 5 heteroatoms. The zero-order valence-corrected chi connectivity index (χ0v) is 14.2. The summed E-state index contributed by atoms with van der Waals surface area (Å²) in [7, 11) is 0. The van der Waals surface area contributed by atoms with E-state index in [1.54, 1.807) is 30.5 Å². The third kappa shape index (κ3) is 3.64. The van der Waals surface area contributed by atoms with Gasteiger partial charge in [0.25, 0.3) is 0 Å². The van der Waals surface area contributed by atoms with Crippen molar-refractivity contribution in [3.63, 3.8) is 0 Å². The van der Waals surface area contributed by atoms with Crippen LogP contribution >= 0.6 is 0 Å². The molecule has 1 aromatic carbocycles.